The Bertz CT molecular complexity index is 92.9. The van der Waals surface area contributed by atoms with Crippen LogP contribution in [0.3, 0.4) is 0 Å². The molecule has 0 aromatic rings. The SMILES string of the molecule is C.C.COC(C)(F)F.COC(C)(F)F. The highest BCUT2D eigenvalue weighted by atomic mass is 19.3. The third-order valence-electron chi connectivity index (χ3n) is 0.717. The summed E-state index contributed by atoms with van der Waals surface area (Å²) in [6.45, 7) is 1.38. The molecule has 0 heterocycles. The number of hydrogen-bond acceptors (Lipinski definition) is 2. The molecule has 0 bridgehead atoms. The van der Waals surface area contributed by atoms with Crippen LogP contribution in [0.15, 0.2) is 0 Å². The lowest BCUT2D eigenvalue weighted by molar-refractivity contribution is -0.206. The zero-order valence-corrected chi connectivity index (χ0v) is 7.33. The van der Waals surface area contributed by atoms with Gasteiger partial charge in [0.25, 0.3) is 0 Å². The molecular weight excluding hydrogens is 204 g/mol. The Kier molecular flexibility index (Phi) is 15.4. The number of alkyl halides is 4. The van der Waals surface area contributed by atoms with Gasteiger partial charge in [-0.1, -0.05) is 14.9 Å². The van der Waals surface area contributed by atoms with E-state index in [2.05, 4.69) is 9.47 Å². The predicted molar refractivity (Wildman–Crippen MR) is 48.7 cm³/mol. The quantitative estimate of drug-likeness (QED) is 0.665. The number of rotatable bonds is 2. The van der Waals surface area contributed by atoms with E-state index in [0.717, 1.165) is 14.2 Å². The van der Waals surface area contributed by atoms with Crippen molar-refractivity contribution in [2.24, 2.45) is 0 Å². The fraction of sp³-hybridized carbons (Fsp3) is 1.00. The van der Waals surface area contributed by atoms with Crippen molar-refractivity contribution < 1.29 is 27.0 Å². The fourth-order valence-corrected chi connectivity index (χ4v) is 0. The molecule has 0 aromatic carbocycles. The molecule has 0 amide bonds. The third kappa shape index (κ3) is 41.4. The van der Waals surface area contributed by atoms with Gasteiger partial charge in [0.05, 0.1) is 0 Å². The first-order valence-electron chi connectivity index (χ1n) is 2.98. The number of halogens is 4. The van der Waals surface area contributed by atoms with Gasteiger partial charge in [-0.15, -0.1) is 0 Å². The van der Waals surface area contributed by atoms with Crippen LogP contribution in [-0.2, 0) is 9.47 Å². The Morgan fingerprint density at radius 3 is 0.786 bits per heavy atom. The molecule has 2 nitrogen and oxygen atoms in total. The summed E-state index contributed by atoms with van der Waals surface area (Å²) in [5, 5.41) is 0. The lowest BCUT2D eigenvalue weighted by Crippen LogP contribution is -2.10. The van der Waals surface area contributed by atoms with Crippen molar-refractivity contribution >= 4 is 0 Å². The van der Waals surface area contributed by atoms with Crippen molar-refractivity contribution in [3.63, 3.8) is 0 Å². The molecule has 0 atom stereocenters. The molecule has 0 aromatic heterocycles. The molecule has 0 spiro atoms. The van der Waals surface area contributed by atoms with E-state index < -0.39 is 12.2 Å². The lowest BCUT2D eigenvalue weighted by Gasteiger charge is -2.03. The maximum atomic E-state index is 11.2. The normalized spacial score (nSPS) is 10.3. The smallest absolute Gasteiger partial charge is 0.324 e. The molecule has 6 heteroatoms. The van der Waals surface area contributed by atoms with Crippen molar-refractivity contribution in [2.45, 2.75) is 40.9 Å². The average Bonchev–Trinajstić information content (AvgIpc) is 1.86. The van der Waals surface area contributed by atoms with Gasteiger partial charge < -0.3 is 9.47 Å². The van der Waals surface area contributed by atoms with E-state index in [-0.39, 0.29) is 14.9 Å². The van der Waals surface area contributed by atoms with Gasteiger partial charge in [0.15, 0.2) is 0 Å². The van der Waals surface area contributed by atoms with Crippen LogP contribution in [0.5, 0.6) is 0 Å². The van der Waals surface area contributed by atoms with E-state index in [0.29, 0.717) is 13.8 Å². The van der Waals surface area contributed by atoms with Crippen LogP contribution in [0.4, 0.5) is 17.6 Å². The molecule has 0 unspecified atom stereocenters. The van der Waals surface area contributed by atoms with E-state index in [1.807, 2.05) is 0 Å². The van der Waals surface area contributed by atoms with Gasteiger partial charge in [0, 0.05) is 28.1 Å². The molecule has 0 saturated carbocycles. The second kappa shape index (κ2) is 9.21. The minimum Gasteiger partial charge on any atom is -0.324 e. The van der Waals surface area contributed by atoms with Crippen LogP contribution in [0.25, 0.3) is 0 Å². The van der Waals surface area contributed by atoms with Crippen LogP contribution >= 0.6 is 0 Å². The summed E-state index contributed by atoms with van der Waals surface area (Å²) >= 11 is 0. The number of ether oxygens (including phenoxy) is 2. The van der Waals surface area contributed by atoms with Crippen LogP contribution in [0, 0.1) is 0 Å². The summed E-state index contributed by atoms with van der Waals surface area (Å²) in [5.74, 6) is 0. The molecule has 0 fully saturated rings. The standard InChI is InChI=1S/2C3H6F2O.2CH4/c2*1-3(4,5)6-2;;/h2*1-2H3;2*1H4. The predicted octanol–water partition coefficient (Wildman–Crippen LogP) is 3.76. The van der Waals surface area contributed by atoms with E-state index in [9.17, 15) is 17.6 Å². The van der Waals surface area contributed by atoms with E-state index in [1.54, 1.807) is 0 Å². The summed E-state index contributed by atoms with van der Waals surface area (Å²) in [6.07, 6.45) is -5.92. The lowest BCUT2D eigenvalue weighted by atomic mass is 10.8. The molecular formula is C8H20F4O2. The first-order chi connectivity index (χ1) is 5.12. The molecule has 92 valence electrons. The second-order valence-corrected chi connectivity index (χ2v) is 2.02. The molecule has 0 aliphatic rings. The highest BCUT2D eigenvalue weighted by Crippen LogP contribution is 2.10. The van der Waals surface area contributed by atoms with Crippen LogP contribution in [0.2, 0.25) is 0 Å². The monoisotopic (exact) mass is 224 g/mol. The molecule has 14 heavy (non-hydrogen) atoms. The van der Waals surface area contributed by atoms with Gasteiger partial charge in [-0.3, -0.25) is 0 Å². The van der Waals surface area contributed by atoms with Gasteiger partial charge in [-0.05, 0) is 0 Å². The Labute approximate surface area is 83.2 Å². The van der Waals surface area contributed by atoms with Gasteiger partial charge in [0.2, 0.25) is 0 Å². The fourth-order valence-electron chi connectivity index (χ4n) is 0. The molecule has 0 saturated heterocycles. The first kappa shape index (κ1) is 23.5. The maximum Gasteiger partial charge on any atom is 0.352 e. The first-order valence-corrected chi connectivity index (χ1v) is 2.98. The molecule has 0 rings (SSSR count). The minimum absolute atomic E-state index is 0. The average molecular weight is 224 g/mol. The molecule has 0 aliphatic carbocycles. The van der Waals surface area contributed by atoms with Gasteiger partial charge >= 0.3 is 12.2 Å². The minimum atomic E-state index is -2.96. The zero-order chi connectivity index (χ0) is 10.4. The van der Waals surface area contributed by atoms with Crippen molar-refractivity contribution in [1.82, 2.24) is 0 Å². The van der Waals surface area contributed by atoms with Crippen LogP contribution < -0.4 is 0 Å². The summed E-state index contributed by atoms with van der Waals surface area (Å²) < 4.78 is 52.1. The Hall–Kier alpha value is -0.360. The third-order valence-corrected chi connectivity index (χ3v) is 0.717. The van der Waals surface area contributed by atoms with Crippen LogP contribution in [0.1, 0.15) is 28.7 Å². The molecule has 0 N–H and O–H groups in total. The van der Waals surface area contributed by atoms with E-state index in [4.69, 9.17) is 0 Å². The van der Waals surface area contributed by atoms with Gasteiger partial charge in [0.1, 0.15) is 0 Å². The van der Waals surface area contributed by atoms with Crippen molar-refractivity contribution in [3.05, 3.63) is 0 Å². The van der Waals surface area contributed by atoms with E-state index >= 15 is 0 Å². The Morgan fingerprint density at radius 2 is 0.786 bits per heavy atom. The summed E-state index contributed by atoms with van der Waals surface area (Å²) in [7, 11) is 1.92. The second-order valence-electron chi connectivity index (χ2n) is 2.02. The van der Waals surface area contributed by atoms with Gasteiger partial charge in [-0.25, -0.2) is 0 Å². The summed E-state index contributed by atoms with van der Waals surface area (Å²) in [5.41, 5.74) is 0. The Morgan fingerprint density at radius 1 is 0.714 bits per heavy atom. The topological polar surface area (TPSA) is 18.5 Å². The Balaban J connectivity index is -0.0000000625. The zero-order valence-electron chi connectivity index (χ0n) is 7.33. The van der Waals surface area contributed by atoms with Crippen molar-refractivity contribution in [1.29, 1.82) is 0 Å². The number of hydrogen-bond donors (Lipinski definition) is 0. The van der Waals surface area contributed by atoms with Crippen LogP contribution in [-0.4, -0.2) is 26.4 Å². The van der Waals surface area contributed by atoms with Crippen molar-refractivity contribution in [2.75, 3.05) is 14.2 Å². The number of methoxy groups -OCH3 is 2. The summed E-state index contributed by atoms with van der Waals surface area (Å²) in [6, 6.07) is 0. The largest absolute Gasteiger partial charge is 0.352 e. The highest BCUT2D eigenvalue weighted by Gasteiger charge is 2.17. The molecule has 0 radical (unpaired) electrons. The maximum absolute atomic E-state index is 11.2. The van der Waals surface area contributed by atoms with Crippen molar-refractivity contribution in [3.8, 4) is 0 Å². The highest BCUT2D eigenvalue weighted by molar-refractivity contribution is 4.31. The van der Waals surface area contributed by atoms with E-state index in [1.165, 1.54) is 0 Å². The van der Waals surface area contributed by atoms with Gasteiger partial charge in [-0.2, -0.15) is 17.6 Å². The summed E-state index contributed by atoms with van der Waals surface area (Å²) in [4.78, 5) is 0. The molecule has 0 aliphatic heterocycles.